The number of hydrogen-bond acceptors (Lipinski definition) is 4. The summed E-state index contributed by atoms with van der Waals surface area (Å²) in [7, 11) is 0. The zero-order chi connectivity index (χ0) is 3.98. The summed E-state index contributed by atoms with van der Waals surface area (Å²) in [6.45, 7) is 0. The molecule has 1 saturated heterocycles. The van der Waals surface area contributed by atoms with E-state index in [0.29, 0.717) is 0 Å². The predicted molar refractivity (Wildman–Crippen MR) is 18.6 cm³/mol. The van der Waals surface area contributed by atoms with E-state index >= 15 is 0 Å². The maximum Gasteiger partial charge on any atom is 0.212 e. The lowest BCUT2D eigenvalue weighted by molar-refractivity contribution is 0.397. The SMILES string of the molecule is N1=C(C2NO2)N1. The lowest BCUT2D eigenvalue weighted by atomic mass is 10.6. The summed E-state index contributed by atoms with van der Waals surface area (Å²) < 4.78 is 0. The highest BCUT2D eigenvalue weighted by Gasteiger charge is 2.34. The third kappa shape index (κ3) is 0.220. The van der Waals surface area contributed by atoms with Crippen molar-refractivity contribution in [1.82, 2.24) is 10.9 Å². The van der Waals surface area contributed by atoms with Gasteiger partial charge in [0.25, 0.3) is 0 Å². The van der Waals surface area contributed by atoms with Gasteiger partial charge in [0.2, 0.25) is 6.23 Å². The minimum atomic E-state index is 0.102. The van der Waals surface area contributed by atoms with Crippen LogP contribution in [0.5, 0.6) is 0 Å². The number of hydroxylamine groups is 1. The Balaban J connectivity index is 2.07. The molecule has 2 rings (SSSR count). The molecule has 0 aromatic rings. The molecule has 4 heteroatoms. The number of amidine groups is 1. The molecule has 2 aliphatic rings. The Hall–Kier alpha value is -0.610. The molecule has 0 aromatic heterocycles. The Bertz CT molecular complexity index is 105. The standard InChI is InChI=1S/C2H3N3O/c3-1(4-3)2-5-6-2/h2,5H,(H,3,4). The van der Waals surface area contributed by atoms with Gasteiger partial charge in [-0.25, -0.2) is 0 Å². The Morgan fingerprint density at radius 2 is 2.50 bits per heavy atom. The van der Waals surface area contributed by atoms with E-state index in [2.05, 4.69) is 20.8 Å². The first kappa shape index (κ1) is 2.54. The van der Waals surface area contributed by atoms with E-state index in [1.807, 2.05) is 0 Å². The van der Waals surface area contributed by atoms with Crippen LogP contribution in [0.4, 0.5) is 0 Å². The van der Waals surface area contributed by atoms with Crippen LogP contribution in [0.25, 0.3) is 0 Å². The van der Waals surface area contributed by atoms with Crippen LogP contribution in [0.2, 0.25) is 0 Å². The first-order valence-corrected chi connectivity index (χ1v) is 1.71. The van der Waals surface area contributed by atoms with E-state index in [4.69, 9.17) is 0 Å². The monoisotopic (exact) mass is 85.0 g/mol. The van der Waals surface area contributed by atoms with E-state index in [0.717, 1.165) is 5.84 Å². The molecule has 0 bridgehead atoms. The quantitative estimate of drug-likeness (QED) is 0.391. The summed E-state index contributed by atoms with van der Waals surface area (Å²) in [5, 5.41) is 3.64. The third-order valence-electron chi connectivity index (χ3n) is 0.725. The van der Waals surface area contributed by atoms with E-state index in [1.54, 1.807) is 0 Å². The van der Waals surface area contributed by atoms with E-state index < -0.39 is 0 Å². The van der Waals surface area contributed by atoms with Gasteiger partial charge >= 0.3 is 0 Å². The summed E-state index contributed by atoms with van der Waals surface area (Å²) in [6.07, 6.45) is 0.102. The van der Waals surface area contributed by atoms with Crippen molar-refractivity contribution in [2.75, 3.05) is 0 Å². The van der Waals surface area contributed by atoms with Crippen LogP contribution in [-0.2, 0) is 4.84 Å². The molecule has 2 aliphatic heterocycles. The van der Waals surface area contributed by atoms with Gasteiger partial charge in [0.05, 0.1) is 0 Å². The van der Waals surface area contributed by atoms with Crippen molar-refractivity contribution in [2.24, 2.45) is 5.10 Å². The van der Waals surface area contributed by atoms with E-state index in [9.17, 15) is 0 Å². The Labute approximate surface area is 34.1 Å². The fourth-order valence-corrected chi connectivity index (χ4v) is 0.295. The molecule has 6 heavy (non-hydrogen) atoms. The van der Waals surface area contributed by atoms with Crippen molar-refractivity contribution in [3.05, 3.63) is 0 Å². The summed E-state index contributed by atoms with van der Waals surface area (Å²) in [4.78, 5) is 4.59. The fraction of sp³-hybridized carbons (Fsp3) is 0.500. The second kappa shape index (κ2) is 0.572. The molecule has 1 atom stereocenters. The smallest absolute Gasteiger partial charge is 0.212 e. The summed E-state index contributed by atoms with van der Waals surface area (Å²) in [5.74, 6) is 0.912. The number of hydrogen-bond donors (Lipinski definition) is 2. The molecule has 4 nitrogen and oxygen atoms in total. The van der Waals surface area contributed by atoms with Crippen LogP contribution in [-0.4, -0.2) is 12.1 Å². The molecule has 0 aromatic carbocycles. The molecule has 0 spiro atoms. The van der Waals surface area contributed by atoms with Crippen LogP contribution < -0.4 is 10.9 Å². The highest BCUT2D eigenvalue weighted by atomic mass is 16.8. The lowest BCUT2D eigenvalue weighted by Gasteiger charge is -1.60. The highest BCUT2D eigenvalue weighted by molar-refractivity contribution is 5.95. The maximum atomic E-state index is 4.59. The van der Waals surface area contributed by atoms with Crippen molar-refractivity contribution in [3.8, 4) is 0 Å². The molecule has 1 fully saturated rings. The second-order valence-electron chi connectivity index (χ2n) is 1.22. The first-order chi connectivity index (χ1) is 2.97. The first-order valence-electron chi connectivity index (χ1n) is 1.71. The normalized spacial score (nSPS) is 37.3. The third-order valence-corrected chi connectivity index (χ3v) is 0.725. The van der Waals surface area contributed by atoms with Gasteiger partial charge in [-0.2, -0.15) is 10.6 Å². The van der Waals surface area contributed by atoms with E-state index in [-0.39, 0.29) is 6.23 Å². The van der Waals surface area contributed by atoms with Crippen molar-refractivity contribution in [1.29, 1.82) is 0 Å². The van der Waals surface area contributed by atoms with Crippen molar-refractivity contribution < 1.29 is 4.84 Å². The summed E-state index contributed by atoms with van der Waals surface area (Å²) >= 11 is 0. The molecule has 0 radical (unpaired) electrons. The van der Waals surface area contributed by atoms with Crippen LogP contribution >= 0.6 is 0 Å². The van der Waals surface area contributed by atoms with Gasteiger partial charge in [-0.15, -0.1) is 0 Å². The average Bonchev–Trinajstić information content (AvgIpc) is 2.26. The Morgan fingerprint density at radius 1 is 1.83 bits per heavy atom. The van der Waals surface area contributed by atoms with Crippen LogP contribution in [0.15, 0.2) is 5.10 Å². The van der Waals surface area contributed by atoms with Crippen LogP contribution in [0.1, 0.15) is 0 Å². The fourth-order valence-electron chi connectivity index (χ4n) is 0.295. The van der Waals surface area contributed by atoms with Gasteiger partial charge in [0.1, 0.15) is 0 Å². The van der Waals surface area contributed by atoms with E-state index in [1.165, 1.54) is 0 Å². The predicted octanol–water partition coefficient (Wildman–Crippen LogP) is -1.24. The number of rotatable bonds is 1. The summed E-state index contributed by atoms with van der Waals surface area (Å²) in [6, 6.07) is 0. The Kier molecular flexibility index (Phi) is 0.243. The minimum Gasteiger partial charge on any atom is -0.269 e. The van der Waals surface area contributed by atoms with Gasteiger partial charge in [-0.3, -0.25) is 10.3 Å². The van der Waals surface area contributed by atoms with Gasteiger partial charge in [-0.05, 0) is 0 Å². The zero-order valence-corrected chi connectivity index (χ0v) is 2.93. The van der Waals surface area contributed by atoms with Crippen LogP contribution in [0, 0.1) is 0 Å². The molecule has 0 amide bonds. The minimum absolute atomic E-state index is 0.102. The molecule has 0 saturated carbocycles. The molecular formula is C2H3N3O. The highest BCUT2D eigenvalue weighted by Crippen LogP contribution is 2.05. The summed E-state index contributed by atoms with van der Waals surface area (Å²) in [5.41, 5.74) is 5.25. The number of nitrogens with zero attached hydrogens (tertiary/aromatic N) is 1. The van der Waals surface area contributed by atoms with Gasteiger partial charge in [-0.1, -0.05) is 0 Å². The molecule has 32 valence electrons. The largest absolute Gasteiger partial charge is 0.269 e. The molecule has 2 N–H and O–H groups in total. The van der Waals surface area contributed by atoms with Crippen molar-refractivity contribution >= 4 is 5.84 Å². The van der Waals surface area contributed by atoms with Crippen molar-refractivity contribution in [3.63, 3.8) is 0 Å². The maximum absolute atomic E-state index is 4.59. The van der Waals surface area contributed by atoms with Gasteiger partial charge in [0, 0.05) is 0 Å². The topological polar surface area (TPSA) is 68.8 Å². The second-order valence-corrected chi connectivity index (χ2v) is 1.22. The van der Waals surface area contributed by atoms with Crippen LogP contribution in [0.3, 0.4) is 0 Å². The molecular weight excluding hydrogens is 82.0 g/mol. The average molecular weight is 85.1 g/mol. The Morgan fingerprint density at radius 3 is 2.67 bits per heavy atom. The molecule has 2 heterocycles. The lowest BCUT2D eigenvalue weighted by Crippen LogP contribution is -2.03. The molecule has 1 unspecified atom stereocenters. The van der Waals surface area contributed by atoms with Gasteiger partial charge in [0.15, 0.2) is 5.84 Å². The number of hydrazone groups is 1. The van der Waals surface area contributed by atoms with Crippen molar-refractivity contribution in [2.45, 2.75) is 6.23 Å². The zero-order valence-electron chi connectivity index (χ0n) is 2.93. The molecule has 0 aliphatic carbocycles. The number of nitrogens with one attached hydrogen (secondary N) is 2. The van der Waals surface area contributed by atoms with Gasteiger partial charge < -0.3 is 0 Å².